The number of esters is 2. The van der Waals surface area contributed by atoms with Gasteiger partial charge in [0.2, 0.25) is 0 Å². The van der Waals surface area contributed by atoms with Crippen molar-refractivity contribution in [3.05, 3.63) is 60.0 Å². The van der Waals surface area contributed by atoms with E-state index >= 15 is 0 Å². The third-order valence-electron chi connectivity index (χ3n) is 3.61. The van der Waals surface area contributed by atoms with Crippen LogP contribution in [0.3, 0.4) is 0 Å². The van der Waals surface area contributed by atoms with Crippen molar-refractivity contribution in [2.24, 2.45) is 0 Å². The zero-order valence-electron chi connectivity index (χ0n) is 15.4. The van der Waals surface area contributed by atoms with Crippen LogP contribution in [0.2, 0.25) is 0 Å². The van der Waals surface area contributed by atoms with Crippen LogP contribution in [0.15, 0.2) is 60.0 Å². The van der Waals surface area contributed by atoms with Gasteiger partial charge >= 0.3 is 11.9 Å². The third kappa shape index (κ3) is 4.98. The summed E-state index contributed by atoms with van der Waals surface area (Å²) in [6.45, 7) is 6.41. The topological polar surface area (TPSA) is 88.9 Å². The predicted molar refractivity (Wildman–Crippen MR) is 98.6 cm³/mol. The number of carbonyl (C=O) groups is 2. The van der Waals surface area contributed by atoms with Crippen molar-refractivity contribution in [1.29, 1.82) is 5.26 Å². The Morgan fingerprint density at radius 3 is 2.70 bits per heavy atom. The van der Waals surface area contributed by atoms with Crippen molar-refractivity contribution in [1.82, 2.24) is 0 Å². The number of carbonyl (C=O) groups excluding carboxylic acids is 2. The Kier molecular flexibility index (Phi) is 6.39. The summed E-state index contributed by atoms with van der Waals surface area (Å²) in [4.78, 5) is 25.3. The summed E-state index contributed by atoms with van der Waals surface area (Å²) in [5.41, 5.74) is 0.930. The quantitative estimate of drug-likeness (QED) is 0.433. The average Bonchev–Trinajstić information content (AvgIpc) is 2.96. The van der Waals surface area contributed by atoms with Crippen LogP contribution in [0.25, 0.3) is 0 Å². The smallest absolute Gasteiger partial charge is 0.349 e. The zero-order chi connectivity index (χ0) is 20.0. The fraction of sp³-hybridized carbons (Fsp3) is 0.250. The lowest BCUT2D eigenvalue weighted by atomic mass is 10.2. The van der Waals surface area contributed by atoms with Crippen molar-refractivity contribution in [3.8, 4) is 11.8 Å². The second kappa shape index (κ2) is 8.72. The Morgan fingerprint density at radius 1 is 1.37 bits per heavy atom. The lowest BCUT2D eigenvalue weighted by Gasteiger charge is -2.13. The van der Waals surface area contributed by atoms with Crippen molar-refractivity contribution in [2.75, 3.05) is 18.6 Å². The van der Waals surface area contributed by atoms with Gasteiger partial charge in [0.05, 0.1) is 5.69 Å². The summed E-state index contributed by atoms with van der Waals surface area (Å²) < 4.78 is 15.7. The SMILES string of the molecule is C=C(C)C(=O)OCC(C)OC(=O)/C(C#N)=C/C=C1\Oc2ccccc2N1C. The Hall–Kier alpha value is -3.53. The standard InChI is InChI=1S/C20H20N2O5/c1-13(2)19(23)25-12-14(3)26-20(24)15(11-21)9-10-18-22(4)16-7-5-6-8-17(16)27-18/h5-10,14H,1,12H2,2-4H3/b15-9+,18-10-. The van der Waals surface area contributed by atoms with Gasteiger partial charge in [-0.15, -0.1) is 0 Å². The summed E-state index contributed by atoms with van der Waals surface area (Å²) in [5.74, 6) is -0.222. The summed E-state index contributed by atoms with van der Waals surface area (Å²) >= 11 is 0. The molecule has 1 aromatic rings. The van der Waals surface area contributed by atoms with E-state index in [1.54, 1.807) is 17.9 Å². The molecule has 0 saturated heterocycles. The highest BCUT2D eigenvalue weighted by Gasteiger charge is 2.22. The molecule has 0 bridgehead atoms. The molecular weight excluding hydrogens is 348 g/mol. The highest BCUT2D eigenvalue weighted by molar-refractivity contribution is 5.93. The van der Waals surface area contributed by atoms with Gasteiger partial charge < -0.3 is 19.1 Å². The van der Waals surface area contributed by atoms with Crippen LogP contribution in [0.5, 0.6) is 5.75 Å². The van der Waals surface area contributed by atoms with Crippen molar-refractivity contribution in [3.63, 3.8) is 0 Å². The van der Waals surface area contributed by atoms with Gasteiger partial charge in [0.25, 0.3) is 0 Å². The van der Waals surface area contributed by atoms with Gasteiger partial charge in [-0.05, 0) is 32.1 Å². The molecule has 27 heavy (non-hydrogen) atoms. The van der Waals surface area contributed by atoms with E-state index in [-0.39, 0.29) is 17.8 Å². The van der Waals surface area contributed by atoms with Crippen LogP contribution in [-0.2, 0) is 19.1 Å². The molecule has 1 unspecified atom stereocenters. The Bertz CT molecular complexity index is 863. The molecule has 2 rings (SSSR count). The summed E-state index contributed by atoms with van der Waals surface area (Å²) in [7, 11) is 1.81. The van der Waals surface area contributed by atoms with Gasteiger partial charge in [0.15, 0.2) is 11.6 Å². The van der Waals surface area contributed by atoms with Crippen LogP contribution in [0.4, 0.5) is 5.69 Å². The summed E-state index contributed by atoms with van der Waals surface area (Å²) in [5, 5.41) is 9.21. The number of hydrogen-bond donors (Lipinski definition) is 0. The molecule has 0 aliphatic carbocycles. The third-order valence-corrected chi connectivity index (χ3v) is 3.61. The Labute approximate surface area is 157 Å². The minimum Gasteiger partial charge on any atom is -0.458 e. The molecular formula is C20H20N2O5. The van der Waals surface area contributed by atoms with Gasteiger partial charge in [-0.25, -0.2) is 9.59 Å². The number of fused-ring (bicyclic) bond motifs is 1. The second-order valence-electron chi connectivity index (χ2n) is 5.92. The van der Waals surface area contributed by atoms with Gasteiger partial charge in [0, 0.05) is 18.7 Å². The highest BCUT2D eigenvalue weighted by atomic mass is 16.6. The maximum atomic E-state index is 12.1. The first-order chi connectivity index (χ1) is 12.8. The van der Waals surface area contributed by atoms with E-state index in [4.69, 9.17) is 14.2 Å². The minimum atomic E-state index is -0.814. The molecule has 140 valence electrons. The van der Waals surface area contributed by atoms with Crippen LogP contribution in [0, 0.1) is 11.3 Å². The van der Waals surface area contributed by atoms with E-state index in [0.717, 1.165) is 5.69 Å². The molecule has 7 nitrogen and oxygen atoms in total. The Balaban J connectivity index is 2.00. The highest BCUT2D eigenvalue weighted by Crippen LogP contribution is 2.37. The molecule has 0 aromatic heterocycles. The number of nitrogens with zero attached hydrogens (tertiary/aromatic N) is 2. The number of benzene rings is 1. The molecule has 0 fully saturated rings. The van der Waals surface area contributed by atoms with E-state index < -0.39 is 18.0 Å². The minimum absolute atomic E-state index is 0.127. The fourth-order valence-corrected chi connectivity index (χ4v) is 2.17. The van der Waals surface area contributed by atoms with Gasteiger partial charge in [-0.3, -0.25) is 0 Å². The molecule has 1 aliphatic rings. The summed E-state index contributed by atoms with van der Waals surface area (Å²) in [6, 6.07) is 9.25. The number of allylic oxidation sites excluding steroid dienone is 2. The van der Waals surface area contributed by atoms with Crippen LogP contribution in [-0.4, -0.2) is 31.7 Å². The Morgan fingerprint density at radius 2 is 2.07 bits per heavy atom. The van der Waals surface area contributed by atoms with Crippen molar-refractivity contribution >= 4 is 17.6 Å². The van der Waals surface area contributed by atoms with Gasteiger partial charge in [0.1, 0.15) is 24.4 Å². The van der Waals surface area contributed by atoms with Crippen molar-refractivity contribution in [2.45, 2.75) is 20.0 Å². The zero-order valence-corrected chi connectivity index (χ0v) is 15.4. The maximum absolute atomic E-state index is 12.1. The van der Waals surface area contributed by atoms with E-state index in [1.807, 2.05) is 31.3 Å². The maximum Gasteiger partial charge on any atom is 0.349 e. The number of rotatable bonds is 6. The largest absolute Gasteiger partial charge is 0.458 e. The van der Waals surface area contributed by atoms with E-state index in [1.165, 1.54) is 19.1 Å². The normalized spacial score (nSPS) is 15.4. The predicted octanol–water partition coefficient (Wildman–Crippen LogP) is 2.86. The van der Waals surface area contributed by atoms with Crippen LogP contribution >= 0.6 is 0 Å². The summed E-state index contributed by atoms with van der Waals surface area (Å²) in [6.07, 6.45) is 2.14. The number of ether oxygens (including phenoxy) is 3. The fourth-order valence-electron chi connectivity index (χ4n) is 2.17. The van der Waals surface area contributed by atoms with Crippen LogP contribution in [0.1, 0.15) is 13.8 Å². The second-order valence-corrected chi connectivity index (χ2v) is 5.92. The first-order valence-electron chi connectivity index (χ1n) is 8.19. The van der Waals surface area contributed by atoms with Crippen LogP contribution < -0.4 is 9.64 Å². The number of para-hydroxylation sites is 2. The molecule has 0 spiro atoms. The molecule has 0 saturated carbocycles. The number of nitriles is 1. The average molecular weight is 368 g/mol. The molecule has 0 amide bonds. The molecule has 1 atom stereocenters. The van der Waals surface area contributed by atoms with E-state index in [9.17, 15) is 14.9 Å². The lowest BCUT2D eigenvalue weighted by Crippen LogP contribution is -2.23. The first kappa shape index (κ1) is 19.8. The van der Waals surface area contributed by atoms with Gasteiger partial charge in [-0.2, -0.15) is 5.26 Å². The first-order valence-corrected chi connectivity index (χ1v) is 8.19. The molecule has 1 aromatic carbocycles. The monoisotopic (exact) mass is 368 g/mol. The lowest BCUT2D eigenvalue weighted by molar-refractivity contribution is -0.152. The molecule has 7 heteroatoms. The van der Waals surface area contributed by atoms with Crippen molar-refractivity contribution < 1.29 is 23.8 Å². The van der Waals surface area contributed by atoms with E-state index in [0.29, 0.717) is 11.6 Å². The molecule has 0 radical (unpaired) electrons. The number of anilines is 1. The van der Waals surface area contributed by atoms with E-state index in [2.05, 4.69) is 6.58 Å². The molecule has 1 heterocycles. The molecule has 1 aliphatic heterocycles. The van der Waals surface area contributed by atoms with Gasteiger partial charge in [-0.1, -0.05) is 18.7 Å². The molecule has 0 N–H and O–H groups in total. The number of hydrogen-bond acceptors (Lipinski definition) is 7.